The zero-order valence-corrected chi connectivity index (χ0v) is 14.7. The molecule has 0 spiro atoms. The Morgan fingerprint density at radius 3 is 2.96 bits per heavy atom. The first-order valence-corrected chi connectivity index (χ1v) is 8.80. The maximum absolute atomic E-state index is 12.1. The Labute approximate surface area is 147 Å². The lowest BCUT2D eigenvalue weighted by Crippen LogP contribution is -2.41. The molecule has 1 aromatic heterocycles. The highest BCUT2D eigenvalue weighted by Crippen LogP contribution is 2.18. The molecular formula is C19H24N4O2. The Kier molecular flexibility index (Phi) is 4.31. The van der Waals surface area contributed by atoms with Gasteiger partial charge in [-0.05, 0) is 37.1 Å². The summed E-state index contributed by atoms with van der Waals surface area (Å²) in [5, 5.41) is 7.59. The second kappa shape index (κ2) is 6.61. The Hall–Kier alpha value is -2.18. The van der Waals surface area contributed by atoms with Crippen LogP contribution in [0.5, 0.6) is 0 Å². The van der Waals surface area contributed by atoms with Crippen molar-refractivity contribution < 1.29 is 9.53 Å². The van der Waals surface area contributed by atoms with Crippen LogP contribution in [0.3, 0.4) is 0 Å². The fourth-order valence-corrected chi connectivity index (χ4v) is 3.56. The molecule has 2 bridgehead atoms. The van der Waals surface area contributed by atoms with Crippen LogP contribution in [0.1, 0.15) is 16.7 Å². The van der Waals surface area contributed by atoms with Gasteiger partial charge >= 0.3 is 0 Å². The zero-order valence-electron chi connectivity index (χ0n) is 14.7. The molecule has 2 atom stereocenters. The van der Waals surface area contributed by atoms with Gasteiger partial charge in [0.15, 0.2) is 0 Å². The minimum Gasteiger partial charge on any atom is -0.378 e. The van der Waals surface area contributed by atoms with E-state index in [1.807, 2.05) is 10.9 Å². The summed E-state index contributed by atoms with van der Waals surface area (Å²) in [7, 11) is 0. The van der Waals surface area contributed by atoms with Gasteiger partial charge in [0.05, 0.1) is 37.1 Å². The predicted octanol–water partition coefficient (Wildman–Crippen LogP) is 1.44. The summed E-state index contributed by atoms with van der Waals surface area (Å²) in [5.74, 6) is 0.0399. The Morgan fingerprint density at radius 2 is 2.12 bits per heavy atom. The van der Waals surface area contributed by atoms with Crippen molar-refractivity contribution in [2.45, 2.75) is 26.4 Å². The van der Waals surface area contributed by atoms with Gasteiger partial charge in [-0.2, -0.15) is 5.10 Å². The topological polar surface area (TPSA) is 59.4 Å². The molecule has 0 aliphatic carbocycles. The molecule has 0 radical (unpaired) electrons. The number of amides is 1. The fraction of sp³-hybridized carbons (Fsp3) is 0.474. The molecular weight excluding hydrogens is 316 g/mol. The van der Waals surface area contributed by atoms with Crippen LogP contribution in [-0.2, 0) is 16.1 Å². The molecule has 0 unspecified atom stereocenters. The smallest absolute Gasteiger partial charge is 0.227 e. The number of hydrogen-bond acceptors (Lipinski definition) is 4. The van der Waals surface area contributed by atoms with Crippen LogP contribution in [0.4, 0.5) is 0 Å². The second-order valence-corrected chi connectivity index (χ2v) is 7.20. The van der Waals surface area contributed by atoms with Gasteiger partial charge in [0.1, 0.15) is 0 Å². The standard InChI is InChI=1S/C19H24N4O2/c1-13-3-4-18(5-14(13)2)23-8-15(6-20-23)7-22-9-16-11-25-12-17(10-22)21-19(16)24/h3-6,8,16-17H,7,9-12H2,1-2H3,(H,21,24)/t16-,17+/m1/s1. The van der Waals surface area contributed by atoms with Crippen LogP contribution in [0.25, 0.3) is 5.69 Å². The molecule has 6 nitrogen and oxygen atoms in total. The van der Waals surface area contributed by atoms with E-state index in [1.165, 1.54) is 11.1 Å². The van der Waals surface area contributed by atoms with Crippen molar-refractivity contribution in [1.82, 2.24) is 20.0 Å². The molecule has 1 amide bonds. The van der Waals surface area contributed by atoms with E-state index in [1.54, 1.807) is 0 Å². The molecule has 2 fully saturated rings. The molecule has 3 heterocycles. The van der Waals surface area contributed by atoms with Crippen molar-refractivity contribution in [3.8, 4) is 5.69 Å². The number of rotatable bonds is 3. The number of aryl methyl sites for hydroxylation is 2. The fourth-order valence-electron chi connectivity index (χ4n) is 3.56. The quantitative estimate of drug-likeness (QED) is 0.918. The lowest BCUT2D eigenvalue weighted by Gasteiger charge is -2.26. The summed E-state index contributed by atoms with van der Waals surface area (Å²) in [6.45, 7) is 7.69. The van der Waals surface area contributed by atoms with E-state index in [2.05, 4.69) is 53.6 Å². The lowest BCUT2D eigenvalue weighted by molar-refractivity contribution is -0.125. The van der Waals surface area contributed by atoms with E-state index in [0.717, 1.165) is 30.9 Å². The summed E-state index contributed by atoms with van der Waals surface area (Å²) in [4.78, 5) is 14.4. The first kappa shape index (κ1) is 16.3. The molecule has 2 saturated heterocycles. The van der Waals surface area contributed by atoms with Gasteiger partial charge in [0, 0.05) is 31.4 Å². The third-order valence-electron chi connectivity index (χ3n) is 5.11. The van der Waals surface area contributed by atoms with Crippen LogP contribution >= 0.6 is 0 Å². The third-order valence-corrected chi connectivity index (χ3v) is 5.11. The molecule has 132 valence electrons. The SMILES string of the molecule is Cc1ccc(-n2cc(CN3C[C@H]4COC[C@@H](C3)C(=O)N4)cn2)cc1C. The normalized spacial score (nSPS) is 24.0. The Morgan fingerprint density at radius 1 is 1.24 bits per heavy atom. The summed E-state index contributed by atoms with van der Waals surface area (Å²) in [6.07, 6.45) is 4.00. The van der Waals surface area contributed by atoms with E-state index in [9.17, 15) is 4.79 Å². The van der Waals surface area contributed by atoms with Crippen LogP contribution in [0, 0.1) is 19.8 Å². The molecule has 0 saturated carbocycles. The highest BCUT2D eigenvalue weighted by molar-refractivity contribution is 5.79. The molecule has 6 heteroatoms. The lowest BCUT2D eigenvalue weighted by atomic mass is 10.1. The third kappa shape index (κ3) is 3.45. The Bertz CT molecular complexity index is 785. The monoisotopic (exact) mass is 340 g/mol. The van der Waals surface area contributed by atoms with Crippen molar-refractivity contribution >= 4 is 5.91 Å². The van der Waals surface area contributed by atoms with Crippen molar-refractivity contribution in [2.24, 2.45) is 5.92 Å². The minimum atomic E-state index is -0.0812. The summed E-state index contributed by atoms with van der Waals surface area (Å²) in [5.41, 5.74) is 4.78. The van der Waals surface area contributed by atoms with Crippen LogP contribution in [-0.4, -0.2) is 52.9 Å². The van der Waals surface area contributed by atoms with Gasteiger partial charge < -0.3 is 10.1 Å². The number of benzene rings is 1. The van der Waals surface area contributed by atoms with Crippen LogP contribution in [0.2, 0.25) is 0 Å². The summed E-state index contributed by atoms with van der Waals surface area (Å²) in [6, 6.07) is 6.45. The maximum atomic E-state index is 12.1. The molecule has 4 rings (SSSR count). The highest BCUT2D eigenvalue weighted by atomic mass is 16.5. The Balaban J connectivity index is 1.49. The molecule has 1 N–H and O–H groups in total. The number of ether oxygens (including phenoxy) is 1. The van der Waals surface area contributed by atoms with E-state index in [4.69, 9.17) is 4.74 Å². The molecule has 25 heavy (non-hydrogen) atoms. The van der Waals surface area contributed by atoms with Crippen molar-refractivity contribution in [3.05, 3.63) is 47.3 Å². The average Bonchev–Trinajstić information content (AvgIpc) is 2.88. The number of carbonyl (C=O) groups excluding carboxylic acids is 1. The number of nitrogens with zero attached hydrogens (tertiary/aromatic N) is 3. The first-order chi connectivity index (χ1) is 12.1. The zero-order chi connectivity index (χ0) is 17.4. The number of fused-ring (bicyclic) bond motifs is 3. The summed E-state index contributed by atoms with van der Waals surface area (Å²) < 4.78 is 7.51. The maximum Gasteiger partial charge on any atom is 0.227 e. The van der Waals surface area contributed by atoms with Gasteiger partial charge in [0.25, 0.3) is 0 Å². The number of carbonyl (C=O) groups is 1. The van der Waals surface area contributed by atoms with E-state index in [0.29, 0.717) is 13.2 Å². The van der Waals surface area contributed by atoms with Crippen molar-refractivity contribution in [3.63, 3.8) is 0 Å². The van der Waals surface area contributed by atoms with Gasteiger partial charge in [-0.15, -0.1) is 0 Å². The van der Waals surface area contributed by atoms with Gasteiger partial charge in [-0.3, -0.25) is 9.69 Å². The van der Waals surface area contributed by atoms with E-state index >= 15 is 0 Å². The van der Waals surface area contributed by atoms with Crippen LogP contribution < -0.4 is 5.32 Å². The van der Waals surface area contributed by atoms with E-state index < -0.39 is 0 Å². The second-order valence-electron chi connectivity index (χ2n) is 7.20. The van der Waals surface area contributed by atoms with Gasteiger partial charge in [0.2, 0.25) is 5.91 Å². The average molecular weight is 340 g/mol. The number of hydrogen-bond donors (Lipinski definition) is 1. The summed E-state index contributed by atoms with van der Waals surface area (Å²) >= 11 is 0. The van der Waals surface area contributed by atoms with Crippen molar-refractivity contribution in [2.75, 3.05) is 26.3 Å². The number of nitrogens with one attached hydrogen (secondary N) is 1. The molecule has 2 aromatic rings. The largest absolute Gasteiger partial charge is 0.378 e. The predicted molar refractivity (Wildman–Crippen MR) is 94.6 cm³/mol. The first-order valence-electron chi connectivity index (χ1n) is 8.80. The molecule has 2 aliphatic heterocycles. The van der Waals surface area contributed by atoms with Gasteiger partial charge in [-0.1, -0.05) is 6.07 Å². The molecule has 1 aromatic carbocycles. The van der Waals surface area contributed by atoms with Crippen LogP contribution in [0.15, 0.2) is 30.6 Å². The van der Waals surface area contributed by atoms with Gasteiger partial charge in [-0.25, -0.2) is 4.68 Å². The highest BCUT2D eigenvalue weighted by Gasteiger charge is 2.33. The molecule has 2 aliphatic rings. The minimum absolute atomic E-state index is 0.0785. The number of aromatic nitrogens is 2. The van der Waals surface area contributed by atoms with E-state index in [-0.39, 0.29) is 17.9 Å². The van der Waals surface area contributed by atoms with Crippen molar-refractivity contribution in [1.29, 1.82) is 0 Å².